The van der Waals surface area contributed by atoms with Crippen molar-refractivity contribution in [1.29, 1.82) is 0 Å². The molecule has 0 aromatic heterocycles. The summed E-state index contributed by atoms with van der Waals surface area (Å²) in [4.78, 5) is 26.5. The van der Waals surface area contributed by atoms with Gasteiger partial charge in [0.1, 0.15) is 0 Å². The first-order valence-electron chi connectivity index (χ1n) is 8.37. The number of amides is 2. The van der Waals surface area contributed by atoms with E-state index in [1.54, 1.807) is 17.0 Å². The van der Waals surface area contributed by atoms with Crippen LogP contribution in [0.1, 0.15) is 30.5 Å². The van der Waals surface area contributed by atoms with Crippen molar-refractivity contribution < 1.29 is 9.59 Å². The smallest absolute Gasteiger partial charge is 0.227 e. The quantitative estimate of drug-likeness (QED) is 0.903. The topological polar surface area (TPSA) is 49.4 Å². The molecule has 3 rings (SSSR count). The maximum absolute atomic E-state index is 12.6. The van der Waals surface area contributed by atoms with Gasteiger partial charge < -0.3 is 10.2 Å². The standard InChI is InChI=1S/C20H21ClN2O2/c1-13-3-9-18(10-4-13)23-12-16(11-19(23)24)20(25)22-14(2)15-5-7-17(21)8-6-15/h3-10,14,16H,11-12H2,1-2H3,(H,22,25). The van der Waals surface area contributed by atoms with Gasteiger partial charge in [-0.05, 0) is 43.7 Å². The van der Waals surface area contributed by atoms with Crippen molar-refractivity contribution in [1.82, 2.24) is 5.32 Å². The average Bonchev–Trinajstić information content (AvgIpc) is 2.98. The SMILES string of the molecule is Cc1ccc(N2CC(C(=O)NC(C)c3ccc(Cl)cc3)CC2=O)cc1. The maximum atomic E-state index is 12.6. The number of anilines is 1. The van der Waals surface area contributed by atoms with Crippen molar-refractivity contribution >= 4 is 29.1 Å². The highest BCUT2D eigenvalue weighted by Gasteiger charge is 2.35. The second-order valence-electron chi connectivity index (χ2n) is 6.52. The minimum atomic E-state index is -0.330. The van der Waals surface area contributed by atoms with E-state index >= 15 is 0 Å². The molecule has 0 saturated carbocycles. The first kappa shape index (κ1) is 17.5. The molecule has 1 aliphatic heterocycles. The van der Waals surface area contributed by atoms with Gasteiger partial charge in [0.2, 0.25) is 11.8 Å². The summed E-state index contributed by atoms with van der Waals surface area (Å²) in [6.45, 7) is 4.35. The number of aryl methyl sites for hydroxylation is 1. The fraction of sp³-hybridized carbons (Fsp3) is 0.300. The van der Waals surface area contributed by atoms with Gasteiger partial charge in [-0.1, -0.05) is 41.4 Å². The van der Waals surface area contributed by atoms with Gasteiger partial charge in [0.25, 0.3) is 0 Å². The number of rotatable bonds is 4. The summed E-state index contributed by atoms with van der Waals surface area (Å²) in [7, 11) is 0. The maximum Gasteiger partial charge on any atom is 0.227 e. The normalized spacial score (nSPS) is 18.3. The van der Waals surface area contributed by atoms with Crippen LogP contribution in [0, 0.1) is 12.8 Å². The number of hydrogen-bond donors (Lipinski definition) is 1. The highest BCUT2D eigenvalue weighted by atomic mass is 35.5. The van der Waals surface area contributed by atoms with Crippen molar-refractivity contribution in [3.8, 4) is 0 Å². The molecule has 5 heteroatoms. The highest BCUT2D eigenvalue weighted by Crippen LogP contribution is 2.26. The molecule has 2 amide bonds. The van der Waals surface area contributed by atoms with Gasteiger partial charge in [-0.25, -0.2) is 0 Å². The van der Waals surface area contributed by atoms with E-state index in [2.05, 4.69) is 5.32 Å². The van der Waals surface area contributed by atoms with Crippen molar-refractivity contribution in [3.05, 3.63) is 64.7 Å². The summed E-state index contributed by atoms with van der Waals surface area (Å²) in [5.41, 5.74) is 2.97. The van der Waals surface area contributed by atoms with Crippen molar-refractivity contribution in [2.75, 3.05) is 11.4 Å². The lowest BCUT2D eigenvalue weighted by Gasteiger charge is -2.19. The fourth-order valence-electron chi connectivity index (χ4n) is 3.02. The van der Waals surface area contributed by atoms with Crippen LogP contribution in [0.25, 0.3) is 0 Å². The molecule has 1 saturated heterocycles. The molecule has 2 atom stereocenters. The van der Waals surface area contributed by atoms with Gasteiger partial charge in [0.15, 0.2) is 0 Å². The molecule has 2 aromatic carbocycles. The molecule has 2 aromatic rings. The third-order valence-electron chi connectivity index (χ3n) is 4.57. The number of carbonyl (C=O) groups is 2. The Morgan fingerprint density at radius 2 is 1.80 bits per heavy atom. The van der Waals surface area contributed by atoms with Gasteiger partial charge in [-0.2, -0.15) is 0 Å². The zero-order valence-corrected chi connectivity index (χ0v) is 15.1. The van der Waals surface area contributed by atoms with Crippen LogP contribution in [-0.2, 0) is 9.59 Å². The second kappa shape index (κ2) is 7.28. The first-order valence-corrected chi connectivity index (χ1v) is 8.74. The molecule has 0 radical (unpaired) electrons. The summed E-state index contributed by atoms with van der Waals surface area (Å²) in [5, 5.41) is 3.66. The Morgan fingerprint density at radius 1 is 1.16 bits per heavy atom. The van der Waals surface area contributed by atoms with E-state index in [1.807, 2.05) is 50.2 Å². The number of nitrogens with zero attached hydrogens (tertiary/aromatic N) is 1. The number of hydrogen-bond acceptors (Lipinski definition) is 2. The molecule has 0 aliphatic carbocycles. The lowest BCUT2D eigenvalue weighted by atomic mass is 10.1. The van der Waals surface area contributed by atoms with E-state index in [-0.39, 0.29) is 30.2 Å². The minimum absolute atomic E-state index is 0.0110. The van der Waals surface area contributed by atoms with Crippen LogP contribution in [0.2, 0.25) is 5.02 Å². The highest BCUT2D eigenvalue weighted by molar-refractivity contribution is 6.30. The second-order valence-corrected chi connectivity index (χ2v) is 6.96. The van der Waals surface area contributed by atoms with E-state index < -0.39 is 0 Å². The van der Waals surface area contributed by atoms with Gasteiger partial charge >= 0.3 is 0 Å². The fourth-order valence-corrected chi connectivity index (χ4v) is 3.15. The van der Waals surface area contributed by atoms with Crippen LogP contribution in [0.4, 0.5) is 5.69 Å². The molecule has 1 fully saturated rings. The molecule has 130 valence electrons. The van der Waals surface area contributed by atoms with Gasteiger partial charge in [-0.3, -0.25) is 9.59 Å². The van der Waals surface area contributed by atoms with Crippen LogP contribution in [0.3, 0.4) is 0 Å². The molecule has 1 heterocycles. The van der Waals surface area contributed by atoms with Crippen molar-refractivity contribution in [2.24, 2.45) is 5.92 Å². The molecule has 1 N–H and O–H groups in total. The third-order valence-corrected chi connectivity index (χ3v) is 4.82. The van der Waals surface area contributed by atoms with Crippen LogP contribution < -0.4 is 10.2 Å². The van der Waals surface area contributed by atoms with E-state index in [0.717, 1.165) is 16.8 Å². The Morgan fingerprint density at radius 3 is 2.44 bits per heavy atom. The lowest BCUT2D eigenvalue weighted by Crippen LogP contribution is -2.34. The van der Waals surface area contributed by atoms with E-state index in [1.165, 1.54) is 0 Å². The third kappa shape index (κ3) is 4.02. The van der Waals surface area contributed by atoms with Gasteiger partial charge in [0, 0.05) is 23.7 Å². The first-order chi connectivity index (χ1) is 11.9. The predicted octanol–water partition coefficient (Wildman–Crippen LogP) is 3.88. The van der Waals surface area contributed by atoms with E-state index in [9.17, 15) is 9.59 Å². The van der Waals surface area contributed by atoms with Crippen LogP contribution in [0.5, 0.6) is 0 Å². The lowest BCUT2D eigenvalue weighted by molar-refractivity contribution is -0.126. The average molecular weight is 357 g/mol. The largest absolute Gasteiger partial charge is 0.349 e. The summed E-state index contributed by atoms with van der Waals surface area (Å²) in [5.74, 6) is -0.433. The molecule has 2 unspecified atom stereocenters. The number of benzene rings is 2. The Labute approximate surface area is 152 Å². The van der Waals surface area contributed by atoms with Crippen LogP contribution in [0.15, 0.2) is 48.5 Å². The Kier molecular flexibility index (Phi) is 5.09. The van der Waals surface area contributed by atoms with Gasteiger partial charge in [0.05, 0.1) is 12.0 Å². The minimum Gasteiger partial charge on any atom is -0.349 e. The molecule has 4 nitrogen and oxygen atoms in total. The number of nitrogens with one attached hydrogen (secondary N) is 1. The zero-order valence-electron chi connectivity index (χ0n) is 14.3. The zero-order chi connectivity index (χ0) is 18.0. The van der Waals surface area contributed by atoms with Crippen LogP contribution >= 0.6 is 11.6 Å². The van der Waals surface area contributed by atoms with Gasteiger partial charge in [-0.15, -0.1) is 0 Å². The molecule has 0 spiro atoms. The summed E-state index contributed by atoms with van der Waals surface area (Å²) >= 11 is 5.90. The summed E-state index contributed by atoms with van der Waals surface area (Å²) < 4.78 is 0. The Bertz CT molecular complexity index is 771. The summed E-state index contributed by atoms with van der Waals surface area (Å²) in [6, 6.07) is 15.0. The monoisotopic (exact) mass is 356 g/mol. The molecular weight excluding hydrogens is 336 g/mol. The number of carbonyl (C=O) groups excluding carboxylic acids is 2. The van der Waals surface area contributed by atoms with Crippen molar-refractivity contribution in [3.63, 3.8) is 0 Å². The van der Waals surface area contributed by atoms with E-state index in [4.69, 9.17) is 11.6 Å². The molecular formula is C20H21ClN2O2. The van der Waals surface area contributed by atoms with E-state index in [0.29, 0.717) is 11.6 Å². The van der Waals surface area contributed by atoms with Crippen molar-refractivity contribution in [2.45, 2.75) is 26.3 Å². The number of halogens is 1. The molecule has 1 aliphatic rings. The molecule has 0 bridgehead atoms. The Balaban J connectivity index is 1.64. The predicted molar refractivity (Wildman–Crippen MR) is 99.6 cm³/mol. The Hall–Kier alpha value is -2.33. The summed E-state index contributed by atoms with van der Waals surface area (Å²) in [6.07, 6.45) is 0.243. The molecule has 25 heavy (non-hydrogen) atoms. The van der Waals surface area contributed by atoms with Crippen LogP contribution in [-0.4, -0.2) is 18.4 Å².